The third-order valence-electron chi connectivity index (χ3n) is 5.08. The van der Waals surface area contributed by atoms with Crippen LogP contribution in [0.25, 0.3) is 0 Å². The summed E-state index contributed by atoms with van der Waals surface area (Å²) in [7, 11) is -2.02. The Kier molecular flexibility index (Phi) is 6.59. The van der Waals surface area contributed by atoms with Crippen molar-refractivity contribution in [1.82, 2.24) is 9.62 Å². The lowest BCUT2D eigenvalue weighted by atomic mass is 10.2. The molecule has 2 aromatic rings. The van der Waals surface area contributed by atoms with E-state index in [9.17, 15) is 13.2 Å². The topological polar surface area (TPSA) is 75.7 Å². The second-order valence-corrected chi connectivity index (χ2v) is 9.25. The van der Waals surface area contributed by atoms with E-state index in [-0.39, 0.29) is 29.8 Å². The number of amides is 1. The summed E-state index contributed by atoms with van der Waals surface area (Å²) in [6.45, 7) is 4.23. The van der Waals surface area contributed by atoms with E-state index in [0.717, 1.165) is 29.7 Å². The molecule has 7 heteroatoms. The fourth-order valence-corrected chi connectivity index (χ4v) is 4.60. The summed E-state index contributed by atoms with van der Waals surface area (Å²) >= 11 is 0. The summed E-state index contributed by atoms with van der Waals surface area (Å²) in [4.78, 5) is 14.9. The van der Waals surface area contributed by atoms with Gasteiger partial charge in [-0.2, -0.15) is 0 Å². The lowest BCUT2D eigenvalue weighted by Gasteiger charge is -2.23. The molecule has 1 N–H and O–H groups in total. The molecular weight excluding hydrogens is 388 g/mol. The molecule has 1 amide bonds. The minimum absolute atomic E-state index is 0.0352. The quantitative estimate of drug-likeness (QED) is 0.681. The van der Waals surface area contributed by atoms with Gasteiger partial charge in [-0.3, -0.25) is 4.79 Å². The Balaban J connectivity index is 1.59. The molecule has 29 heavy (non-hydrogen) atoms. The Morgan fingerprint density at radius 2 is 1.83 bits per heavy atom. The fourth-order valence-electron chi connectivity index (χ4n) is 3.25. The van der Waals surface area contributed by atoms with Gasteiger partial charge in [-0.1, -0.05) is 24.3 Å². The van der Waals surface area contributed by atoms with Gasteiger partial charge < -0.3 is 9.64 Å². The average Bonchev–Trinajstić information content (AvgIpc) is 3.53. The SMILES string of the molecule is COc1ccc(CN(C(=O)CCNS(=O)(=O)c2cc(C)ccc2C)C2CC2)cc1. The van der Waals surface area contributed by atoms with Crippen molar-refractivity contribution in [2.45, 2.75) is 50.6 Å². The highest BCUT2D eigenvalue weighted by molar-refractivity contribution is 7.89. The maximum atomic E-state index is 12.8. The predicted octanol–water partition coefficient (Wildman–Crippen LogP) is 3.17. The van der Waals surface area contributed by atoms with Crippen molar-refractivity contribution >= 4 is 15.9 Å². The average molecular weight is 417 g/mol. The first kappa shape index (κ1) is 21.3. The summed E-state index contributed by atoms with van der Waals surface area (Å²) < 4.78 is 33.0. The molecule has 0 aliphatic heterocycles. The van der Waals surface area contributed by atoms with Crippen LogP contribution < -0.4 is 9.46 Å². The van der Waals surface area contributed by atoms with Gasteiger partial charge in [0.2, 0.25) is 15.9 Å². The van der Waals surface area contributed by atoms with E-state index in [2.05, 4.69) is 4.72 Å². The molecule has 156 valence electrons. The van der Waals surface area contributed by atoms with Crippen molar-refractivity contribution in [2.24, 2.45) is 0 Å². The van der Waals surface area contributed by atoms with E-state index in [1.54, 1.807) is 26.2 Å². The monoisotopic (exact) mass is 416 g/mol. The van der Waals surface area contributed by atoms with Crippen LogP contribution in [0.1, 0.15) is 36.0 Å². The molecule has 0 atom stereocenters. The number of methoxy groups -OCH3 is 1. The second-order valence-electron chi connectivity index (χ2n) is 7.52. The van der Waals surface area contributed by atoms with E-state index < -0.39 is 10.0 Å². The van der Waals surface area contributed by atoms with E-state index in [1.165, 1.54) is 0 Å². The maximum Gasteiger partial charge on any atom is 0.240 e. The van der Waals surface area contributed by atoms with Gasteiger partial charge >= 0.3 is 0 Å². The Morgan fingerprint density at radius 3 is 2.45 bits per heavy atom. The van der Waals surface area contributed by atoms with Gasteiger partial charge in [0.05, 0.1) is 12.0 Å². The van der Waals surface area contributed by atoms with Crippen LogP contribution in [0, 0.1) is 13.8 Å². The van der Waals surface area contributed by atoms with Crippen molar-refractivity contribution in [2.75, 3.05) is 13.7 Å². The zero-order valence-electron chi connectivity index (χ0n) is 17.1. The minimum Gasteiger partial charge on any atom is -0.497 e. The molecule has 0 heterocycles. The van der Waals surface area contributed by atoms with E-state index in [0.29, 0.717) is 12.1 Å². The third kappa shape index (κ3) is 5.58. The van der Waals surface area contributed by atoms with Crippen molar-refractivity contribution in [3.63, 3.8) is 0 Å². The lowest BCUT2D eigenvalue weighted by molar-refractivity contribution is -0.132. The van der Waals surface area contributed by atoms with Gasteiger partial charge in [0.15, 0.2) is 0 Å². The van der Waals surface area contributed by atoms with Gasteiger partial charge in [0.1, 0.15) is 5.75 Å². The lowest BCUT2D eigenvalue weighted by Crippen LogP contribution is -2.35. The summed E-state index contributed by atoms with van der Waals surface area (Å²) in [6, 6.07) is 13.2. The smallest absolute Gasteiger partial charge is 0.240 e. The van der Waals surface area contributed by atoms with Crippen molar-refractivity contribution in [3.05, 3.63) is 59.2 Å². The highest BCUT2D eigenvalue weighted by atomic mass is 32.2. The summed E-state index contributed by atoms with van der Waals surface area (Å²) in [5.74, 6) is 0.742. The van der Waals surface area contributed by atoms with Crippen molar-refractivity contribution in [1.29, 1.82) is 0 Å². The number of carbonyl (C=O) groups is 1. The Labute approximate surface area is 172 Å². The van der Waals surface area contributed by atoms with Crippen molar-refractivity contribution < 1.29 is 17.9 Å². The molecule has 0 unspecified atom stereocenters. The molecule has 1 saturated carbocycles. The van der Waals surface area contributed by atoms with E-state index in [1.807, 2.05) is 42.2 Å². The van der Waals surface area contributed by atoms with Crippen LogP contribution in [0.15, 0.2) is 47.4 Å². The van der Waals surface area contributed by atoms with Gasteiger partial charge in [0.25, 0.3) is 0 Å². The number of hydrogen-bond acceptors (Lipinski definition) is 4. The van der Waals surface area contributed by atoms with Crippen LogP contribution in [0.2, 0.25) is 0 Å². The zero-order valence-corrected chi connectivity index (χ0v) is 18.0. The number of sulfonamides is 1. The summed E-state index contributed by atoms with van der Waals surface area (Å²) in [6.07, 6.45) is 2.13. The molecule has 0 aromatic heterocycles. The number of benzene rings is 2. The number of nitrogens with one attached hydrogen (secondary N) is 1. The van der Waals surface area contributed by atoms with Crippen LogP contribution in [0.5, 0.6) is 5.75 Å². The standard InChI is InChI=1S/C22H28N2O4S/c1-16-4-5-17(2)21(14-16)29(26,27)23-13-12-22(25)24(19-8-9-19)15-18-6-10-20(28-3)11-7-18/h4-7,10-11,14,19,23H,8-9,12-13,15H2,1-3H3. The number of carbonyl (C=O) groups excluding carboxylic acids is 1. The Hall–Kier alpha value is -2.38. The molecule has 0 bridgehead atoms. The third-order valence-corrected chi connectivity index (χ3v) is 6.69. The minimum atomic E-state index is -3.64. The maximum absolute atomic E-state index is 12.8. The number of ether oxygens (including phenoxy) is 1. The summed E-state index contributed by atoms with van der Waals surface area (Å²) in [5, 5.41) is 0. The predicted molar refractivity (Wildman–Crippen MR) is 112 cm³/mol. The van der Waals surface area contributed by atoms with Gasteiger partial charge in [-0.05, 0) is 61.6 Å². The molecule has 1 aliphatic rings. The normalized spacial score (nSPS) is 13.9. The molecule has 3 rings (SSSR count). The number of rotatable bonds is 9. The number of nitrogens with zero attached hydrogens (tertiary/aromatic N) is 1. The molecule has 0 spiro atoms. The van der Waals surface area contributed by atoms with Crippen LogP contribution in [-0.2, 0) is 21.4 Å². The van der Waals surface area contributed by atoms with Gasteiger partial charge in [-0.15, -0.1) is 0 Å². The highest BCUT2D eigenvalue weighted by Gasteiger charge is 2.32. The largest absolute Gasteiger partial charge is 0.497 e. The van der Waals surface area contributed by atoms with Crippen molar-refractivity contribution in [3.8, 4) is 5.75 Å². The van der Waals surface area contributed by atoms with E-state index >= 15 is 0 Å². The molecule has 2 aromatic carbocycles. The number of aryl methyl sites for hydroxylation is 2. The molecule has 1 fully saturated rings. The number of hydrogen-bond donors (Lipinski definition) is 1. The van der Waals surface area contributed by atoms with Crippen LogP contribution >= 0.6 is 0 Å². The van der Waals surface area contributed by atoms with E-state index in [4.69, 9.17) is 4.74 Å². The first-order valence-corrected chi connectivity index (χ1v) is 11.3. The second kappa shape index (κ2) is 8.97. The van der Waals surface area contributed by atoms with Crippen LogP contribution in [-0.4, -0.2) is 38.9 Å². The first-order valence-electron chi connectivity index (χ1n) is 9.79. The molecule has 0 radical (unpaired) electrons. The van der Waals surface area contributed by atoms with Crippen LogP contribution in [0.4, 0.5) is 0 Å². The fraction of sp³-hybridized carbons (Fsp3) is 0.409. The summed E-state index contributed by atoms with van der Waals surface area (Å²) in [5.41, 5.74) is 2.60. The zero-order chi connectivity index (χ0) is 21.0. The molecule has 0 saturated heterocycles. The van der Waals surface area contributed by atoms with Gasteiger partial charge in [0, 0.05) is 25.6 Å². The molecule has 6 nitrogen and oxygen atoms in total. The molecular formula is C22H28N2O4S. The Bertz CT molecular complexity index is 967. The first-order chi connectivity index (χ1) is 13.8. The molecule has 1 aliphatic carbocycles. The Morgan fingerprint density at radius 1 is 1.14 bits per heavy atom. The highest BCUT2D eigenvalue weighted by Crippen LogP contribution is 2.29. The van der Waals surface area contributed by atoms with Crippen LogP contribution in [0.3, 0.4) is 0 Å². The van der Waals surface area contributed by atoms with Gasteiger partial charge in [-0.25, -0.2) is 13.1 Å².